The van der Waals surface area contributed by atoms with Crippen LogP contribution in [0.5, 0.6) is 5.75 Å². The number of carbonyl (C=O) groups is 1. The molecule has 1 aromatic rings. The SMILES string of the molecule is O=C(O)C1(c2ccc3c(c2)CCO3)CCC1. The third-order valence-corrected chi connectivity index (χ3v) is 3.86. The molecule has 3 nitrogen and oxygen atoms in total. The van der Waals surface area contributed by atoms with Gasteiger partial charge in [0.15, 0.2) is 0 Å². The molecule has 1 aliphatic carbocycles. The van der Waals surface area contributed by atoms with Gasteiger partial charge in [-0.3, -0.25) is 4.79 Å². The van der Waals surface area contributed by atoms with E-state index < -0.39 is 11.4 Å². The first-order valence-corrected chi connectivity index (χ1v) is 5.72. The van der Waals surface area contributed by atoms with Crippen molar-refractivity contribution in [3.8, 4) is 5.75 Å². The molecule has 3 rings (SSSR count). The number of benzene rings is 1. The molecule has 0 aromatic heterocycles. The summed E-state index contributed by atoms with van der Waals surface area (Å²) in [6.07, 6.45) is 3.45. The van der Waals surface area contributed by atoms with Crippen LogP contribution in [-0.2, 0) is 16.6 Å². The quantitative estimate of drug-likeness (QED) is 0.827. The fourth-order valence-corrected chi connectivity index (χ4v) is 2.64. The highest BCUT2D eigenvalue weighted by molar-refractivity contribution is 5.82. The summed E-state index contributed by atoms with van der Waals surface area (Å²) in [5.74, 6) is 0.237. The van der Waals surface area contributed by atoms with Crippen LogP contribution >= 0.6 is 0 Å². The molecule has 0 radical (unpaired) electrons. The Morgan fingerprint density at radius 2 is 2.19 bits per heavy atom. The van der Waals surface area contributed by atoms with Gasteiger partial charge in [0.25, 0.3) is 0 Å². The molecule has 0 bridgehead atoms. The molecule has 0 amide bonds. The van der Waals surface area contributed by atoms with Crippen LogP contribution in [0, 0.1) is 0 Å². The fraction of sp³-hybridized carbons (Fsp3) is 0.462. The molecule has 1 aliphatic heterocycles. The molecule has 3 heteroatoms. The van der Waals surface area contributed by atoms with Crippen LogP contribution in [0.4, 0.5) is 0 Å². The van der Waals surface area contributed by atoms with E-state index in [0.717, 1.165) is 49.2 Å². The van der Waals surface area contributed by atoms with Crippen LogP contribution in [0.15, 0.2) is 18.2 Å². The van der Waals surface area contributed by atoms with Gasteiger partial charge in [-0.25, -0.2) is 0 Å². The molecule has 1 fully saturated rings. The van der Waals surface area contributed by atoms with Gasteiger partial charge in [0.1, 0.15) is 5.75 Å². The van der Waals surface area contributed by atoms with E-state index in [0.29, 0.717) is 0 Å². The van der Waals surface area contributed by atoms with Gasteiger partial charge in [-0.1, -0.05) is 18.6 Å². The lowest BCUT2D eigenvalue weighted by molar-refractivity contribution is -0.147. The van der Waals surface area contributed by atoms with Gasteiger partial charge in [0.2, 0.25) is 0 Å². The highest BCUT2D eigenvalue weighted by atomic mass is 16.5. The van der Waals surface area contributed by atoms with E-state index in [2.05, 4.69) is 0 Å². The molecule has 0 spiro atoms. The summed E-state index contributed by atoms with van der Waals surface area (Å²) >= 11 is 0. The van der Waals surface area contributed by atoms with Crippen LogP contribution < -0.4 is 4.74 Å². The zero-order valence-electron chi connectivity index (χ0n) is 9.03. The second-order valence-electron chi connectivity index (χ2n) is 4.66. The first-order chi connectivity index (χ1) is 7.72. The lowest BCUT2D eigenvalue weighted by Gasteiger charge is -2.38. The van der Waals surface area contributed by atoms with E-state index in [1.807, 2.05) is 18.2 Å². The molecule has 84 valence electrons. The average Bonchev–Trinajstić information content (AvgIpc) is 2.62. The summed E-state index contributed by atoms with van der Waals surface area (Å²) in [7, 11) is 0. The maximum Gasteiger partial charge on any atom is 0.314 e. The van der Waals surface area contributed by atoms with E-state index in [-0.39, 0.29) is 0 Å². The summed E-state index contributed by atoms with van der Waals surface area (Å²) in [6.45, 7) is 0.721. The smallest absolute Gasteiger partial charge is 0.314 e. The number of rotatable bonds is 2. The minimum absolute atomic E-state index is 0.613. The molecule has 16 heavy (non-hydrogen) atoms. The van der Waals surface area contributed by atoms with E-state index >= 15 is 0 Å². The van der Waals surface area contributed by atoms with Crippen molar-refractivity contribution in [2.45, 2.75) is 31.1 Å². The highest BCUT2D eigenvalue weighted by Gasteiger charge is 2.46. The first-order valence-electron chi connectivity index (χ1n) is 5.72. The number of carboxylic acid groups (broad SMARTS) is 1. The average molecular weight is 218 g/mol. The second-order valence-corrected chi connectivity index (χ2v) is 4.66. The first kappa shape index (κ1) is 9.70. The number of hydrogen-bond acceptors (Lipinski definition) is 2. The minimum atomic E-state index is -0.683. The Kier molecular flexibility index (Phi) is 1.96. The molecule has 1 saturated carbocycles. The van der Waals surface area contributed by atoms with Crippen molar-refractivity contribution in [2.75, 3.05) is 6.61 Å². The monoisotopic (exact) mass is 218 g/mol. The van der Waals surface area contributed by atoms with Crippen molar-refractivity contribution in [3.63, 3.8) is 0 Å². The third-order valence-electron chi connectivity index (χ3n) is 3.86. The Labute approximate surface area is 94.0 Å². The van der Waals surface area contributed by atoms with Crippen molar-refractivity contribution in [2.24, 2.45) is 0 Å². The maximum atomic E-state index is 11.4. The normalized spacial score (nSPS) is 20.8. The Bertz CT molecular complexity index is 446. The van der Waals surface area contributed by atoms with Crippen molar-refractivity contribution in [1.82, 2.24) is 0 Å². The number of aliphatic carboxylic acids is 1. The zero-order chi connectivity index (χ0) is 11.2. The van der Waals surface area contributed by atoms with Gasteiger partial charge >= 0.3 is 5.97 Å². The molecule has 0 unspecified atom stereocenters. The Balaban J connectivity index is 2.03. The molecule has 1 N–H and O–H groups in total. The molecule has 2 aliphatic rings. The Hall–Kier alpha value is -1.51. The summed E-state index contributed by atoms with van der Waals surface area (Å²) in [5.41, 5.74) is 1.50. The lowest BCUT2D eigenvalue weighted by atomic mass is 9.64. The van der Waals surface area contributed by atoms with Gasteiger partial charge in [-0.2, -0.15) is 0 Å². The van der Waals surface area contributed by atoms with Gasteiger partial charge in [-0.05, 0) is 30.0 Å². The van der Waals surface area contributed by atoms with Crippen LogP contribution in [0.1, 0.15) is 30.4 Å². The van der Waals surface area contributed by atoms with E-state index in [1.54, 1.807) is 0 Å². The number of hydrogen-bond donors (Lipinski definition) is 1. The van der Waals surface area contributed by atoms with Gasteiger partial charge in [0, 0.05) is 6.42 Å². The molecular formula is C13H14O3. The van der Waals surface area contributed by atoms with Crippen molar-refractivity contribution in [3.05, 3.63) is 29.3 Å². The van der Waals surface area contributed by atoms with E-state index in [4.69, 9.17) is 4.74 Å². The predicted octanol–water partition coefficient (Wildman–Crippen LogP) is 2.13. The molecule has 1 aromatic carbocycles. The number of ether oxygens (including phenoxy) is 1. The maximum absolute atomic E-state index is 11.4. The van der Waals surface area contributed by atoms with Crippen LogP contribution in [0.3, 0.4) is 0 Å². The molecule has 0 atom stereocenters. The van der Waals surface area contributed by atoms with Crippen LogP contribution in [0.25, 0.3) is 0 Å². The van der Waals surface area contributed by atoms with Crippen molar-refractivity contribution in [1.29, 1.82) is 0 Å². The molecular weight excluding hydrogens is 204 g/mol. The Morgan fingerprint density at radius 1 is 1.38 bits per heavy atom. The third kappa shape index (κ3) is 1.17. The summed E-state index contributed by atoms with van der Waals surface area (Å²) in [4.78, 5) is 11.4. The topological polar surface area (TPSA) is 46.5 Å². The molecule has 0 saturated heterocycles. The van der Waals surface area contributed by atoms with E-state index in [9.17, 15) is 9.90 Å². The van der Waals surface area contributed by atoms with Gasteiger partial charge in [0.05, 0.1) is 12.0 Å². The largest absolute Gasteiger partial charge is 0.493 e. The van der Waals surface area contributed by atoms with E-state index in [1.165, 1.54) is 0 Å². The Morgan fingerprint density at radius 3 is 2.81 bits per heavy atom. The standard InChI is InChI=1S/C13H14O3/c14-12(15)13(5-1-6-13)10-2-3-11-9(8-10)4-7-16-11/h2-3,8H,1,4-7H2,(H,14,15). The second kappa shape index (κ2) is 3.24. The van der Waals surface area contributed by atoms with Crippen LogP contribution in [-0.4, -0.2) is 17.7 Å². The lowest BCUT2D eigenvalue weighted by Crippen LogP contribution is -2.42. The van der Waals surface area contributed by atoms with Crippen molar-refractivity contribution >= 4 is 5.97 Å². The summed E-state index contributed by atoms with van der Waals surface area (Å²) < 4.78 is 5.43. The highest BCUT2D eigenvalue weighted by Crippen LogP contribution is 2.45. The predicted molar refractivity (Wildman–Crippen MR) is 58.8 cm³/mol. The summed E-state index contributed by atoms with van der Waals surface area (Å²) in [6, 6.07) is 5.85. The van der Waals surface area contributed by atoms with Crippen molar-refractivity contribution < 1.29 is 14.6 Å². The number of fused-ring (bicyclic) bond motifs is 1. The summed E-state index contributed by atoms with van der Waals surface area (Å²) in [5, 5.41) is 9.35. The van der Waals surface area contributed by atoms with Crippen LogP contribution in [0.2, 0.25) is 0 Å². The number of carboxylic acids is 1. The zero-order valence-corrected chi connectivity index (χ0v) is 9.03. The van der Waals surface area contributed by atoms with Gasteiger partial charge in [-0.15, -0.1) is 0 Å². The fourth-order valence-electron chi connectivity index (χ4n) is 2.64. The molecule has 1 heterocycles. The van der Waals surface area contributed by atoms with Gasteiger partial charge < -0.3 is 9.84 Å². The minimum Gasteiger partial charge on any atom is -0.493 e.